The molecule has 0 radical (unpaired) electrons. The third-order valence-electron chi connectivity index (χ3n) is 2.14. The summed E-state index contributed by atoms with van der Waals surface area (Å²) in [5, 5.41) is 19.6. The molecule has 0 aliphatic heterocycles. The van der Waals surface area contributed by atoms with Gasteiger partial charge in [0.1, 0.15) is 11.4 Å². The van der Waals surface area contributed by atoms with E-state index in [1.54, 1.807) is 0 Å². The normalized spacial score (nSPS) is 10.2. The number of benzene rings is 1. The molecule has 0 bridgehead atoms. The van der Waals surface area contributed by atoms with Crippen molar-refractivity contribution in [2.24, 2.45) is 0 Å². The average molecular weight is 243 g/mol. The summed E-state index contributed by atoms with van der Waals surface area (Å²) in [5.41, 5.74) is -1.23. The second kappa shape index (κ2) is 5.35. The zero-order valence-corrected chi connectivity index (χ0v) is 8.97. The predicted octanol–water partition coefficient (Wildman–Crippen LogP) is 1.62. The number of rotatable bonds is 5. The number of aromatic carboxylic acids is 1. The number of hydrogen-bond donors (Lipinski definition) is 1. The lowest BCUT2D eigenvalue weighted by molar-refractivity contribution is -0.386. The number of carboxylic acids is 1. The van der Waals surface area contributed by atoms with Gasteiger partial charge < -0.3 is 9.84 Å². The monoisotopic (exact) mass is 243 g/mol. The van der Waals surface area contributed by atoms with Gasteiger partial charge in [-0.2, -0.15) is 0 Å². The van der Waals surface area contributed by atoms with Crippen molar-refractivity contribution in [1.82, 2.24) is 0 Å². The van der Waals surface area contributed by atoms with Gasteiger partial charge in [-0.05, 0) is 12.1 Å². The van der Waals surface area contributed by atoms with Crippen molar-refractivity contribution in [3.8, 4) is 0 Å². The van der Waals surface area contributed by atoms with Crippen molar-refractivity contribution < 1.29 is 24.0 Å². The Morgan fingerprint density at radius 3 is 2.71 bits per heavy atom. The van der Waals surface area contributed by atoms with Crippen LogP contribution in [0, 0.1) is 15.9 Å². The molecule has 0 saturated heterocycles. The number of carbonyl (C=O) groups is 1. The highest BCUT2D eigenvalue weighted by Gasteiger charge is 2.25. The van der Waals surface area contributed by atoms with E-state index in [0.717, 1.165) is 6.07 Å². The first-order valence-corrected chi connectivity index (χ1v) is 4.66. The topological polar surface area (TPSA) is 89.7 Å². The number of ether oxygens (including phenoxy) is 1. The van der Waals surface area contributed by atoms with Crippen LogP contribution < -0.4 is 0 Å². The van der Waals surface area contributed by atoms with Gasteiger partial charge in [-0.25, -0.2) is 9.18 Å². The number of halogens is 1. The third-order valence-corrected chi connectivity index (χ3v) is 2.14. The lowest BCUT2D eigenvalue weighted by atomic mass is 10.0. The van der Waals surface area contributed by atoms with Gasteiger partial charge >= 0.3 is 5.97 Å². The van der Waals surface area contributed by atoms with Gasteiger partial charge in [-0.3, -0.25) is 10.1 Å². The summed E-state index contributed by atoms with van der Waals surface area (Å²) in [6, 6.07) is 1.58. The first kappa shape index (κ1) is 13.0. The van der Waals surface area contributed by atoms with Gasteiger partial charge in [0.05, 0.1) is 11.5 Å². The molecule has 6 nitrogen and oxygen atoms in total. The largest absolute Gasteiger partial charge is 0.477 e. The summed E-state index contributed by atoms with van der Waals surface area (Å²) in [6.07, 6.45) is 0.0743. The predicted molar refractivity (Wildman–Crippen MR) is 55.6 cm³/mol. The lowest BCUT2D eigenvalue weighted by Gasteiger charge is -2.05. The van der Waals surface area contributed by atoms with Gasteiger partial charge in [-0.15, -0.1) is 0 Å². The van der Waals surface area contributed by atoms with E-state index >= 15 is 0 Å². The fourth-order valence-corrected chi connectivity index (χ4v) is 1.44. The van der Waals surface area contributed by atoms with Gasteiger partial charge in [0.25, 0.3) is 5.69 Å². The van der Waals surface area contributed by atoms with Crippen molar-refractivity contribution in [3.63, 3.8) is 0 Å². The van der Waals surface area contributed by atoms with Crippen LogP contribution in [0.3, 0.4) is 0 Å². The Bertz CT molecular complexity index is 460. The number of methoxy groups -OCH3 is 1. The molecule has 0 saturated carbocycles. The standard InChI is InChI=1S/C10H10FNO5/c1-17-3-2-6-4-7(11)5-8(10(13)14)9(6)12(15)16/h4-5H,2-3H2,1H3,(H,13,14). The SMILES string of the molecule is COCCc1cc(F)cc(C(=O)O)c1[N+](=O)[O-]. The van der Waals surface area contributed by atoms with Crippen molar-refractivity contribution in [3.05, 3.63) is 39.2 Å². The number of nitro benzene ring substituents is 1. The smallest absolute Gasteiger partial charge is 0.342 e. The maximum absolute atomic E-state index is 13.1. The molecule has 0 atom stereocenters. The average Bonchev–Trinajstić information content (AvgIpc) is 2.24. The molecule has 17 heavy (non-hydrogen) atoms. The van der Waals surface area contributed by atoms with Crippen molar-refractivity contribution in [1.29, 1.82) is 0 Å². The van der Waals surface area contributed by atoms with Gasteiger partial charge in [0.15, 0.2) is 0 Å². The molecule has 1 rings (SSSR count). The van der Waals surface area contributed by atoms with E-state index in [1.807, 2.05) is 0 Å². The molecule has 0 spiro atoms. The minimum Gasteiger partial charge on any atom is -0.477 e. The highest BCUT2D eigenvalue weighted by atomic mass is 19.1. The van der Waals surface area contributed by atoms with E-state index < -0.39 is 28.0 Å². The molecule has 0 aromatic heterocycles. The molecule has 0 heterocycles. The molecule has 0 fully saturated rings. The highest BCUT2D eigenvalue weighted by molar-refractivity contribution is 5.93. The maximum atomic E-state index is 13.1. The molecule has 0 unspecified atom stereocenters. The Labute approximate surface area is 95.8 Å². The lowest BCUT2D eigenvalue weighted by Crippen LogP contribution is -2.08. The molecular weight excluding hydrogens is 233 g/mol. The van der Waals surface area contributed by atoms with E-state index in [-0.39, 0.29) is 18.6 Å². The van der Waals surface area contributed by atoms with Gasteiger partial charge in [0, 0.05) is 19.1 Å². The molecule has 1 N–H and O–H groups in total. The molecule has 0 aliphatic carbocycles. The molecule has 1 aromatic carbocycles. The number of hydrogen-bond acceptors (Lipinski definition) is 4. The first-order chi connectivity index (χ1) is 7.97. The second-order valence-electron chi connectivity index (χ2n) is 3.27. The Kier molecular flexibility index (Phi) is 4.11. The van der Waals surface area contributed by atoms with Crippen LogP contribution in [0.25, 0.3) is 0 Å². The summed E-state index contributed by atoms with van der Waals surface area (Å²) >= 11 is 0. The summed E-state index contributed by atoms with van der Waals surface area (Å²) in [5.74, 6) is -2.35. The fourth-order valence-electron chi connectivity index (χ4n) is 1.44. The Morgan fingerprint density at radius 1 is 1.59 bits per heavy atom. The second-order valence-corrected chi connectivity index (χ2v) is 3.27. The summed E-state index contributed by atoms with van der Waals surface area (Å²) < 4.78 is 17.9. The minimum absolute atomic E-state index is 0.00856. The van der Waals surface area contributed by atoms with E-state index in [9.17, 15) is 19.3 Å². The third kappa shape index (κ3) is 2.97. The van der Waals surface area contributed by atoms with E-state index in [0.29, 0.717) is 6.07 Å². The maximum Gasteiger partial charge on any atom is 0.342 e. The Hall–Kier alpha value is -2.02. The van der Waals surface area contributed by atoms with Crippen LogP contribution in [-0.2, 0) is 11.2 Å². The van der Waals surface area contributed by atoms with Crippen LogP contribution >= 0.6 is 0 Å². The summed E-state index contributed by atoms with van der Waals surface area (Å²) in [6.45, 7) is 0.142. The molecular formula is C10H10FNO5. The van der Waals surface area contributed by atoms with E-state index in [1.165, 1.54) is 7.11 Å². The molecule has 1 aromatic rings. The zero-order valence-electron chi connectivity index (χ0n) is 8.97. The fraction of sp³-hybridized carbons (Fsp3) is 0.300. The molecule has 7 heteroatoms. The molecule has 0 amide bonds. The van der Waals surface area contributed by atoms with Crippen LogP contribution in [0.1, 0.15) is 15.9 Å². The molecule has 0 aliphatic rings. The van der Waals surface area contributed by atoms with Crippen molar-refractivity contribution in [2.75, 3.05) is 13.7 Å². The van der Waals surface area contributed by atoms with Crippen molar-refractivity contribution >= 4 is 11.7 Å². The summed E-state index contributed by atoms with van der Waals surface area (Å²) in [7, 11) is 1.39. The summed E-state index contributed by atoms with van der Waals surface area (Å²) in [4.78, 5) is 20.8. The van der Waals surface area contributed by atoms with E-state index in [2.05, 4.69) is 0 Å². The van der Waals surface area contributed by atoms with E-state index in [4.69, 9.17) is 9.84 Å². The minimum atomic E-state index is -1.53. The quantitative estimate of drug-likeness (QED) is 0.626. The Morgan fingerprint density at radius 2 is 2.24 bits per heavy atom. The van der Waals surface area contributed by atoms with Gasteiger partial charge in [0.2, 0.25) is 0 Å². The van der Waals surface area contributed by atoms with Crippen molar-refractivity contribution in [2.45, 2.75) is 6.42 Å². The van der Waals surface area contributed by atoms with Crippen LogP contribution in [-0.4, -0.2) is 29.7 Å². The highest BCUT2D eigenvalue weighted by Crippen LogP contribution is 2.26. The zero-order chi connectivity index (χ0) is 13.0. The van der Waals surface area contributed by atoms with Crippen LogP contribution in [0.2, 0.25) is 0 Å². The van der Waals surface area contributed by atoms with Crippen LogP contribution in [0.5, 0.6) is 0 Å². The van der Waals surface area contributed by atoms with Gasteiger partial charge in [-0.1, -0.05) is 0 Å². The van der Waals surface area contributed by atoms with Crippen LogP contribution in [0.4, 0.5) is 10.1 Å². The number of nitrogens with zero attached hydrogens (tertiary/aromatic N) is 1. The number of carboxylic acid groups (broad SMARTS) is 1. The molecule has 92 valence electrons. The number of nitro groups is 1. The van der Waals surface area contributed by atoms with Crippen LogP contribution in [0.15, 0.2) is 12.1 Å². The Balaban J connectivity index is 3.35. The first-order valence-electron chi connectivity index (χ1n) is 4.66.